The lowest BCUT2D eigenvalue weighted by molar-refractivity contribution is -0.139. The van der Waals surface area contributed by atoms with Gasteiger partial charge in [0, 0.05) is 13.1 Å². The van der Waals surface area contributed by atoms with Crippen molar-refractivity contribution >= 4 is 27.5 Å². The standard InChI is InChI=1S/C29H34FN3O6S/c1-5-31-29(35)21(3)32(19-22-8-7-9-26(18-22)38-4)28(34)20-33(24-12-14-25(15-13-24)39-6-2)40(36,37)27-16-10-23(30)11-17-27/h7-18,21H,5-6,19-20H2,1-4H3,(H,31,35)/t21-/m0/s1. The molecular formula is C29H34FN3O6S. The number of hydrogen-bond acceptors (Lipinski definition) is 6. The first-order valence-electron chi connectivity index (χ1n) is 12.8. The molecule has 0 radical (unpaired) electrons. The number of amides is 2. The molecule has 0 aliphatic rings. The molecule has 0 aromatic heterocycles. The zero-order chi connectivity index (χ0) is 29.3. The van der Waals surface area contributed by atoms with Gasteiger partial charge in [-0.15, -0.1) is 0 Å². The van der Waals surface area contributed by atoms with E-state index < -0.39 is 34.3 Å². The maximum atomic E-state index is 13.9. The van der Waals surface area contributed by atoms with Crippen molar-refractivity contribution in [2.24, 2.45) is 0 Å². The van der Waals surface area contributed by atoms with Crippen molar-refractivity contribution < 1.29 is 31.9 Å². The number of ether oxygens (including phenoxy) is 2. The first-order valence-corrected chi connectivity index (χ1v) is 14.3. The summed E-state index contributed by atoms with van der Waals surface area (Å²) in [7, 11) is -2.78. The Morgan fingerprint density at radius 2 is 1.65 bits per heavy atom. The van der Waals surface area contributed by atoms with Crippen molar-refractivity contribution in [3.05, 3.63) is 84.2 Å². The maximum absolute atomic E-state index is 13.9. The average molecular weight is 572 g/mol. The van der Waals surface area contributed by atoms with Crippen LogP contribution in [0, 0.1) is 5.82 Å². The third-order valence-electron chi connectivity index (χ3n) is 6.12. The van der Waals surface area contributed by atoms with Gasteiger partial charge < -0.3 is 19.7 Å². The molecule has 0 aliphatic carbocycles. The first-order chi connectivity index (χ1) is 19.1. The van der Waals surface area contributed by atoms with Crippen LogP contribution < -0.4 is 19.1 Å². The number of benzene rings is 3. The highest BCUT2D eigenvalue weighted by molar-refractivity contribution is 7.92. The van der Waals surface area contributed by atoms with Gasteiger partial charge in [0.1, 0.15) is 29.9 Å². The number of carbonyl (C=O) groups is 2. The Morgan fingerprint density at radius 3 is 2.25 bits per heavy atom. The third kappa shape index (κ3) is 7.50. The average Bonchev–Trinajstić information content (AvgIpc) is 2.95. The molecule has 1 N–H and O–H groups in total. The number of carbonyl (C=O) groups excluding carboxylic acids is 2. The molecule has 0 saturated carbocycles. The van der Waals surface area contributed by atoms with E-state index in [4.69, 9.17) is 9.47 Å². The van der Waals surface area contributed by atoms with Crippen LogP contribution in [0.4, 0.5) is 10.1 Å². The minimum Gasteiger partial charge on any atom is -0.497 e. The molecule has 214 valence electrons. The van der Waals surface area contributed by atoms with Gasteiger partial charge in [0.2, 0.25) is 11.8 Å². The molecule has 0 unspecified atom stereocenters. The van der Waals surface area contributed by atoms with Crippen LogP contribution in [0.5, 0.6) is 11.5 Å². The van der Waals surface area contributed by atoms with Gasteiger partial charge in [-0.05, 0) is 87.0 Å². The Hall–Kier alpha value is -4.12. The van der Waals surface area contributed by atoms with E-state index in [1.807, 2.05) is 6.92 Å². The Balaban J connectivity index is 2.03. The normalized spacial score (nSPS) is 11.8. The number of anilines is 1. The maximum Gasteiger partial charge on any atom is 0.264 e. The summed E-state index contributed by atoms with van der Waals surface area (Å²) in [5.41, 5.74) is 0.894. The van der Waals surface area contributed by atoms with E-state index >= 15 is 0 Å². The highest BCUT2D eigenvalue weighted by Gasteiger charge is 2.32. The number of halogens is 1. The molecule has 1 atom stereocenters. The fourth-order valence-corrected chi connectivity index (χ4v) is 5.42. The SMILES string of the molecule is CCNC(=O)[C@H](C)N(Cc1cccc(OC)c1)C(=O)CN(c1ccc(OCC)cc1)S(=O)(=O)c1ccc(F)cc1. The van der Waals surface area contributed by atoms with Crippen LogP contribution in [0.2, 0.25) is 0 Å². The Kier molecular flexibility index (Phi) is 10.5. The molecule has 40 heavy (non-hydrogen) atoms. The summed E-state index contributed by atoms with van der Waals surface area (Å²) in [6.07, 6.45) is 0. The first kappa shape index (κ1) is 30.4. The lowest BCUT2D eigenvalue weighted by atomic mass is 10.1. The van der Waals surface area contributed by atoms with Gasteiger partial charge in [0.05, 0.1) is 24.3 Å². The molecule has 0 saturated heterocycles. The number of rotatable bonds is 13. The Morgan fingerprint density at radius 1 is 0.975 bits per heavy atom. The van der Waals surface area contributed by atoms with Crippen LogP contribution in [-0.4, -0.2) is 58.0 Å². The zero-order valence-corrected chi connectivity index (χ0v) is 23.8. The molecule has 0 bridgehead atoms. The number of hydrogen-bond donors (Lipinski definition) is 1. The lowest BCUT2D eigenvalue weighted by Crippen LogP contribution is -2.51. The van der Waals surface area contributed by atoms with Gasteiger partial charge in [-0.25, -0.2) is 12.8 Å². The van der Waals surface area contributed by atoms with Crippen molar-refractivity contribution in [1.29, 1.82) is 0 Å². The predicted molar refractivity (Wildman–Crippen MR) is 150 cm³/mol. The number of nitrogens with one attached hydrogen (secondary N) is 1. The molecule has 0 aliphatic heterocycles. The molecule has 2 amide bonds. The van der Waals surface area contributed by atoms with Crippen molar-refractivity contribution in [3.63, 3.8) is 0 Å². The summed E-state index contributed by atoms with van der Waals surface area (Å²) in [6, 6.07) is 16.7. The smallest absolute Gasteiger partial charge is 0.264 e. The summed E-state index contributed by atoms with van der Waals surface area (Å²) in [4.78, 5) is 27.8. The lowest BCUT2D eigenvalue weighted by Gasteiger charge is -2.32. The van der Waals surface area contributed by atoms with Crippen molar-refractivity contribution in [2.75, 3.05) is 31.1 Å². The van der Waals surface area contributed by atoms with Crippen LogP contribution >= 0.6 is 0 Å². The summed E-state index contributed by atoms with van der Waals surface area (Å²) in [6.45, 7) is 5.38. The van der Waals surface area contributed by atoms with Crippen LogP contribution in [-0.2, 0) is 26.2 Å². The topological polar surface area (TPSA) is 105 Å². The molecule has 11 heteroatoms. The Labute approximate surface area is 234 Å². The van der Waals surface area contributed by atoms with Gasteiger partial charge >= 0.3 is 0 Å². The van der Waals surface area contributed by atoms with Crippen LogP contribution in [0.25, 0.3) is 0 Å². The summed E-state index contributed by atoms with van der Waals surface area (Å²) < 4.78 is 52.8. The van der Waals surface area contributed by atoms with Crippen LogP contribution in [0.3, 0.4) is 0 Å². The number of sulfonamides is 1. The molecule has 3 aromatic carbocycles. The molecule has 3 aromatic rings. The highest BCUT2D eigenvalue weighted by Crippen LogP contribution is 2.27. The van der Waals surface area contributed by atoms with Gasteiger partial charge in [0.25, 0.3) is 10.0 Å². The van der Waals surface area contributed by atoms with E-state index in [2.05, 4.69) is 5.32 Å². The van der Waals surface area contributed by atoms with E-state index in [1.165, 1.54) is 24.1 Å². The van der Waals surface area contributed by atoms with Gasteiger partial charge in [-0.3, -0.25) is 13.9 Å². The monoisotopic (exact) mass is 571 g/mol. The number of nitrogens with zero attached hydrogens (tertiary/aromatic N) is 2. The molecule has 9 nitrogen and oxygen atoms in total. The molecule has 0 heterocycles. The van der Waals surface area contributed by atoms with E-state index in [0.717, 1.165) is 28.6 Å². The third-order valence-corrected chi connectivity index (χ3v) is 7.91. The summed E-state index contributed by atoms with van der Waals surface area (Å²) >= 11 is 0. The number of likely N-dealkylation sites (N-methyl/N-ethyl adjacent to an activating group) is 1. The minimum absolute atomic E-state index is 0.0298. The molecule has 0 fully saturated rings. The number of methoxy groups -OCH3 is 1. The molecule has 0 spiro atoms. The van der Waals surface area contributed by atoms with E-state index in [-0.39, 0.29) is 23.0 Å². The zero-order valence-electron chi connectivity index (χ0n) is 23.0. The minimum atomic E-state index is -4.31. The van der Waals surface area contributed by atoms with E-state index in [0.29, 0.717) is 30.2 Å². The quantitative estimate of drug-likeness (QED) is 0.333. The Bertz CT molecular complexity index is 1400. The van der Waals surface area contributed by atoms with Crippen LogP contribution in [0.15, 0.2) is 77.7 Å². The van der Waals surface area contributed by atoms with Gasteiger partial charge in [0.15, 0.2) is 0 Å². The second-order valence-electron chi connectivity index (χ2n) is 8.84. The predicted octanol–water partition coefficient (Wildman–Crippen LogP) is 3.98. The van der Waals surface area contributed by atoms with Gasteiger partial charge in [-0.2, -0.15) is 0 Å². The van der Waals surface area contributed by atoms with Gasteiger partial charge in [-0.1, -0.05) is 12.1 Å². The van der Waals surface area contributed by atoms with Crippen molar-refractivity contribution in [1.82, 2.24) is 10.2 Å². The van der Waals surface area contributed by atoms with Crippen molar-refractivity contribution in [2.45, 2.75) is 38.3 Å². The fraction of sp³-hybridized carbons (Fsp3) is 0.310. The molecule has 3 rings (SSSR count). The largest absolute Gasteiger partial charge is 0.497 e. The highest BCUT2D eigenvalue weighted by atomic mass is 32.2. The van der Waals surface area contributed by atoms with Crippen molar-refractivity contribution in [3.8, 4) is 11.5 Å². The summed E-state index contributed by atoms with van der Waals surface area (Å²) in [5, 5.41) is 2.71. The fourth-order valence-electron chi connectivity index (χ4n) is 4.01. The van der Waals surface area contributed by atoms with Crippen LogP contribution in [0.1, 0.15) is 26.3 Å². The van der Waals surface area contributed by atoms with E-state index in [1.54, 1.807) is 50.2 Å². The second-order valence-corrected chi connectivity index (χ2v) is 10.7. The summed E-state index contributed by atoms with van der Waals surface area (Å²) in [5.74, 6) is -0.483. The second kappa shape index (κ2) is 13.8. The molecular weight excluding hydrogens is 537 g/mol. The van der Waals surface area contributed by atoms with E-state index in [9.17, 15) is 22.4 Å².